The van der Waals surface area contributed by atoms with Gasteiger partial charge in [0.15, 0.2) is 13.2 Å². The minimum Gasteiger partial charge on any atom is -0.483 e. The Bertz CT molecular complexity index is 2450. The maximum Gasteiger partial charge on any atom is 0.262 e. The van der Waals surface area contributed by atoms with Crippen LogP contribution in [-0.4, -0.2) is 49.3 Å². The summed E-state index contributed by atoms with van der Waals surface area (Å²) in [4.78, 5) is 61.6. The number of aryl methyl sites for hydroxylation is 1. The molecule has 0 unspecified atom stereocenters. The van der Waals surface area contributed by atoms with E-state index in [1.54, 1.807) is 78.9 Å². The standard InChI is InChI=1S/C27H29BrN2O3.C23H20FN3O4/c1-2-3-4-5-8-20-11-15-23(16-12-20)30-27(32)24-9-6-7-10-25(24)33-19-26(31)29-22-17-13-21(28)14-18-22;24-16-10-12-18(13-11-16)27-22(29)15-31-20-9-5-4-8-19(20)23(30)25-14-21(28)26-17-6-2-1-3-7-17/h6-7,9-18H,2-5,8,19H2,1H3,(H,29,31)(H,30,32);1-13H,14-15H2,(H,25,30)(H,26,28)(H,27,29). The zero-order valence-corrected chi connectivity index (χ0v) is 36.8. The van der Waals surface area contributed by atoms with E-state index in [0.717, 1.165) is 16.6 Å². The lowest BCUT2D eigenvalue weighted by molar-refractivity contribution is -0.118. The van der Waals surface area contributed by atoms with E-state index in [4.69, 9.17) is 9.47 Å². The lowest BCUT2D eigenvalue weighted by atomic mass is 10.1. The summed E-state index contributed by atoms with van der Waals surface area (Å²) in [7, 11) is 0. The van der Waals surface area contributed by atoms with Crippen LogP contribution in [0, 0.1) is 5.82 Å². The molecule has 0 aliphatic heterocycles. The van der Waals surface area contributed by atoms with Crippen LogP contribution < -0.4 is 36.1 Å². The topological polar surface area (TPSA) is 164 Å². The average Bonchev–Trinajstić information content (AvgIpc) is 3.31. The number of hydrogen-bond donors (Lipinski definition) is 5. The predicted octanol–water partition coefficient (Wildman–Crippen LogP) is 10.1. The fraction of sp³-hybridized carbons (Fsp3) is 0.180. The second-order valence-corrected chi connectivity index (χ2v) is 15.2. The van der Waals surface area contributed by atoms with Gasteiger partial charge in [-0.05, 0) is 115 Å². The maximum atomic E-state index is 12.9. The molecule has 330 valence electrons. The van der Waals surface area contributed by atoms with E-state index in [2.05, 4.69) is 61.6 Å². The van der Waals surface area contributed by atoms with Crippen molar-refractivity contribution in [3.05, 3.63) is 179 Å². The Morgan fingerprint density at radius 2 is 0.969 bits per heavy atom. The molecule has 0 aromatic heterocycles. The molecule has 0 saturated carbocycles. The summed E-state index contributed by atoms with van der Waals surface area (Å²) in [6.07, 6.45) is 5.97. The summed E-state index contributed by atoms with van der Waals surface area (Å²) in [5, 5.41) is 13.4. The molecule has 14 heteroatoms. The van der Waals surface area contributed by atoms with Gasteiger partial charge in [0.2, 0.25) is 5.91 Å². The number of unbranched alkanes of at least 4 members (excludes halogenated alkanes) is 3. The van der Waals surface area contributed by atoms with Crippen molar-refractivity contribution in [1.82, 2.24) is 5.32 Å². The van der Waals surface area contributed by atoms with Crippen molar-refractivity contribution in [2.45, 2.75) is 39.0 Å². The number of hydrogen-bond acceptors (Lipinski definition) is 7. The normalized spacial score (nSPS) is 10.3. The molecule has 6 rings (SSSR count). The molecular weight excluding hydrogens is 881 g/mol. The number of ether oxygens (including phenoxy) is 2. The minimum absolute atomic E-state index is 0.185. The van der Waals surface area contributed by atoms with Crippen molar-refractivity contribution in [3.8, 4) is 11.5 Å². The van der Waals surface area contributed by atoms with Gasteiger partial charge in [0.05, 0.1) is 17.7 Å². The highest BCUT2D eigenvalue weighted by Gasteiger charge is 2.16. The molecule has 6 aromatic carbocycles. The Morgan fingerprint density at radius 3 is 1.55 bits per heavy atom. The molecule has 5 N–H and O–H groups in total. The monoisotopic (exact) mass is 929 g/mol. The molecule has 0 bridgehead atoms. The second kappa shape index (κ2) is 25.6. The van der Waals surface area contributed by atoms with Crippen LogP contribution in [0.25, 0.3) is 0 Å². The predicted molar refractivity (Wildman–Crippen MR) is 251 cm³/mol. The van der Waals surface area contributed by atoms with Crippen LogP contribution in [0.5, 0.6) is 11.5 Å². The summed E-state index contributed by atoms with van der Waals surface area (Å²) in [6.45, 7) is 1.43. The van der Waals surface area contributed by atoms with Crippen LogP contribution in [-0.2, 0) is 20.8 Å². The summed E-state index contributed by atoms with van der Waals surface area (Å²) >= 11 is 3.36. The number of carbonyl (C=O) groups excluding carboxylic acids is 5. The summed E-state index contributed by atoms with van der Waals surface area (Å²) in [5.74, 6) is -1.81. The van der Waals surface area contributed by atoms with Crippen molar-refractivity contribution in [1.29, 1.82) is 0 Å². The fourth-order valence-corrected chi connectivity index (χ4v) is 6.26. The van der Waals surface area contributed by atoms with Gasteiger partial charge in [-0.2, -0.15) is 0 Å². The fourth-order valence-electron chi connectivity index (χ4n) is 6.00. The van der Waals surface area contributed by atoms with E-state index in [1.165, 1.54) is 61.6 Å². The Labute approximate surface area is 380 Å². The van der Waals surface area contributed by atoms with Crippen LogP contribution in [0.4, 0.5) is 27.1 Å². The molecule has 0 heterocycles. The summed E-state index contributed by atoms with van der Waals surface area (Å²) < 4.78 is 25.0. The highest BCUT2D eigenvalue weighted by atomic mass is 79.9. The number of para-hydroxylation sites is 3. The number of anilines is 4. The molecule has 0 saturated heterocycles. The van der Waals surface area contributed by atoms with Crippen LogP contribution in [0.1, 0.15) is 58.9 Å². The molecule has 0 fully saturated rings. The first-order chi connectivity index (χ1) is 31.1. The number of benzene rings is 6. The van der Waals surface area contributed by atoms with Gasteiger partial charge in [0, 0.05) is 27.2 Å². The molecule has 0 aliphatic carbocycles. The Hall–Kier alpha value is -7.32. The van der Waals surface area contributed by atoms with Crippen LogP contribution in [0.3, 0.4) is 0 Å². The van der Waals surface area contributed by atoms with E-state index < -0.39 is 17.6 Å². The molecular formula is C50H49BrFN5O7. The van der Waals surface area contributed by atoms with Crippen molar-refractivity contribution in [3.63, 3.8) is 0 Å². The quantitative estimate of drug-likeness (QED) is 0.0505. The zero-order chi connectivity index (χ0) is 45.5. The minimum atomic E-state index is -0.516. The number of nitrogens with one attached hydrogen (secondary N) is 5. The van der Waals surface area contributed by atoms with Crippen molar-refractivity contribution in [2.24, 2.45) is 0 Å². The molecule has 6 aromatic rings. The van der Waals surface area contributed by atoms with E-state index in [1.807, 2.05) is 30.3 Å². The number of halogens is 2. The molecule has 0 aliphatic rings. The number of rotatable bonds is 19. The van der Waals surface area contributed by atoms with Crippen molar-refractivity contribution in [2.75, 3.05) is 41.0 Å². The second-order valence-electron chi connectivity index (χ2n) is 14.2. The molecule has 64 heavy (non-hydrogen) atoms. The highest BCUT2D eigenvalue weighted by Crippen LogP contribution is 2.22. The lowest BCUT2D eigenvalue weighted by Gasteiger charge is -2.12. The van der Waals surface area contributed by atoms with Crippen LogP contribution >= 0.6 is 15.9 Å². The maximum absolute atomic E-state index is 12.9. The van der Waals surface area contributed by atoms with Crippen molar-refractivity contribution < 1.29 is 37.8 Å². The average molecular weight is 931 g/mol. The molecule has 0 radical (unpaired) electrons. The van der Waals surface area contributed by atoms with E-state index in [0.29, 0.717) is 28.4 Å². The van der Waals surface area contributed by atoms with Gasteiger partial charge in [-0.25, -0.2) is 4.39 Å². The molecule has 5 amide bonds. The summed E-state index contributed by atoms with van der Waals surface area (Å²) in [6, 6.07) is 42.7. The lowest BCUT2D eigenvalue weighted by Crippen LogP contribution is -2.33. The van der Waals surface area contributed by atoms with Crippen LogP contribution in [0.15, 0.2) is 156 Å². The molecule has 0 atom stereocenters. The van der Waals surface area contributed by atoms with Gasteiger partial charge in [0.1, 0.15) is 17.3 Å². The number of amides is 5. The largest absolute Gasteiger partial charge is 0.483 e. The first-order valence-electron chi connectivity index (χ1n) is 20.6. The van der Waals surface area contributed by atoms with Gasteiger partial charge < -0.3 is 36.1 Å². The first-order valence-corrected chi connectivity index (χ1v) is 21.4. The third kappa shape index (κ3) is 16.5. The number of carbonyl (C=O) groups is 5. The third-order valence-corrected chi connectivity index (χ3v) is 9.76. The molecule has 0 spiro atoms. The third-order valence-electron chi connectivity index (χ3n) is 9.23. The van der Waals surface area contributed by atoms with E-state index in [-0.39, 0.29) is 48.8 Å². The van der Waals surface area contributed by atoms with Gasteiger partial charge in [-0.3, -0.25) is 24.0 Å². The van der Waals surface area contributed by atoms with Gasteiger partial charge >= 0.3 is 0 Å². The van der Waals surface area contributed by atoms with Gasteiger partial charge in [0.25, 0.3) is 23.6 Å². The van der Waals surface area contributed by atoms with E-state index in [9.17, 15) is 28.4 Å². The smallest absolute Gasteiger partial charge is 0.262 e. The zero-order valence-electron chi connectivity index (χ0n) is 35.2. The first kappa shape index (κ1) is 47.7. The Morgan fingerprint density at radius 1 is 0.500 bits per heavy atom. The van der Waals surface area contributed by atoms with Crippen LogP contribution in [0.2, 0.25) is 0 Å². The summed E-state index contributed by atoms with van der Waals surface area (Å²) in [5.41, 5.74) is 4.27. The Kier molecular flexibility index (Phi) is 19.1. The SMILES string of the molecule is CCCCCCc1ccc(NC(=O)c2ccccc2OCC(=O)Nc2ccc(Br)cc2)cc1.O=C(CNC(=O)c1ccccc1OCC(=O)Nc1ccc(F)cc1)Nc1ccccc1. The molecule has 12 nitrogen and oxygen atoms in total. The Balaban J connectivity index is 0.000000241. The van der Waals surface area contributed by atoms with Gasteiger partial charge in [-0.15, -0.1) is 0 Å². The highest BCUT2D eigenvalue weighted by molar-refractivity contribution is 9.10. The van der Waals surface area contributed by atoms with E-state index >= 15 is 0 Å². The van der Waals surface area contributed by atoms with Crippen molar-refractivity contribution >= 4 is 68.2 Å². The van der Waals surface area contributed by atoms with Gasteiger partial charge in [-0.1, -0.05) is 96.7 Å².